The Hall–Kier alpha value is -4.44. The van der Waals surface area contributed by atoms with Gasteiger partial charge in [-0.1, -0.05) is 78.9 Å². The molecule has 1 nitrogen and oxygen atoms in total. The highest BCUT2D eigenvalue weighted by atomic mass is 32.1. The van der Waals surface area contributed by atoms with Crippen LogP contribution in [0.15, 0.2) is 127 Å². The Morgan fingerprint density at radius 3 is 1.90 bits per heavy atom. The normalized spacial score (nSPS) is 12.1. The fourth-order valence-corrected chi connectivity index (χ4v) is 8.54. The van der Waals surface area contributed by atoms with Gasteiger partial charge in [-0.15, -0.1) is 22.7 Å². The molecule has 0 saturated carbocycles. The number of thiophene rings is 2. The van der Waals surface area contributed by atoms with Gasteiger partial charge in [0.25, 0.3) is 0 Å². The number of fused-ring (bicyclic) bond motifs is 9. The third kappa shape index (κ3) is 3.06. The molecule has 0 bridgehead atoms. The first-order valence-electron chi connectivity index (χ1n) is 13.2. The van der Waals surface area contributed by atoms with E-state index in [1.165, 1.54) is 79.0 Å². The van der Waals surface area contributed by atoms with Crippen LogP contribution in [0.25, 0.3) is 79.0 Å². The molecule has 0 atom stereocenters. The lowest BCUT2D eigenvalue weighted by atomic mass is 9.98. The molecule has 0 amide bonds. The zero-order valence-corrected chi connectivity index (χ0v) is 22.5. The molecule has 6 aromatic carbocycles. The number of hydrogen-bond acceptors (Lipinski definition) is 2. The minimum atomic E-state index is 1.21. The van der Waals surface area contributed by atoms with Gasteiger partial charge >= 0.3 is 0 Å². The third-order valence-corrected chi connectivity index (χ3v) is 10.3. The van der Waals surface area contributed by atoms with Crippen molar-refractivity contribution < 1.29 is 0 Å². The molecule has 3 heterocycles. The van der Waals surface area contributed by atoms with Gasteiger partial charge in [-0.25, -0.2) is 0 Å². The summed E-state index contributed by atoms with van der Waals surface area (Å²) < 4.78 is 7.75. The molecular weight excluding hydrogens is 511 g/mol. The molecule has 3 heteroatoms. The van der Waals surface area contributed by atoms with Gasteiger partial charge in [0.15, 0.2) is 0 Å². The third-order valence-electron chi connectivity index (χ3n) is 8.01. The van der Waals surface area contributed by atoms with Crippen LogP contribution in [0.4, 0.5) is 0 Å². The van der Waals surface area contributed by atoms with Crippen molar-refractivity contribution in [1.82, 2.24) is 4.57 Å². The lowest BCUT2D eigenvalue weighted by molar-refractivity contribution is 1.19. The van der Waals surface area contributed by atoms with E-state index in [9.17, 15) is 0 Å². The minimum Gasteiger partial charge on any atom is -0.309 e. The van der Waals surface area contributed by atoms with E-state index in [1.54, 1.807) is 0 Å². The lowest BCUT2D eigenvalue weighted by Crippen LogP contribution is -1.92. The van der Waals surface area contributed by atoms with Crippen LogP contribution >= 0.6 is 22.7 Å². The second-order valence-electron chi connectivity index (χ2n) is 10.1. The molecule has 0 aliphatic carbocycles. The van der Waals surface area contributed by atoms with Crippen LogP contribution in [0.2, 0.25) is 0 Å². The fourth-order valence-electron chi connectivity index (χ4n) is 6.29. The highest BCUT2D eigenvalue weighted by molar-refractivity contribution is 7.26. The Morgan fingerprint density at radius 2 is 1.08 bits per heavy atom. The van der Waals surface area contributed by atoms with Crippen LogP contribution < -0.4 is 0 Å². The van der Waals surface area contributed by atoms with Gasteiger partial charge in [0.2, 0.25) is 0 Å². The molecule has 0 aliphatic rings. The lowest BCUT2D eigenvalue weighted by Gasteiger charge is -2.09. The number of para-hydroxylation sites is 2. The molecule has 0 aliphatic heterocycles. The zero-order valence-electron chi connectivity index (χ0n) is 20.9. The van der Waals surface area contributed by atoms with E-state index >= 15 is 0 Å². The molecule has 182 valence electrons. The number of benzene rings is 6. The largest absolute Gasteiger partial charge is 0.309 e. The summed E-state index contributed by atoms with van der Waals surface area (Å²) in [6.45, 7) is 0. The zero-order chi connectivity index (χ0) is 25.5. The van der Waals surface area contributed by atoms with Crippen molar-refractivity contribution in [2.75, 3.05) is 0 Å². The molecule has 0 saturated heterocycles. The van der Waals surface area contributed by atoms with E-state index in [2.05, 4.69) is 132 Å². The molecule has 0 unspecified atom stereocenters. The van der Waals surface area contributed by atoms with Gasteiger partial charge in [-0.2, -0.15) is 0 Å². The second-order valence-corrected chi connectivity index (χ2v) is 12.3. The van der Waals surface area contributed by atoms with Crippen LogP contribution in [0.5, 0.6) is 0 Å². The Morgan fingerprint density at radius 1 is 0.410 bits per heavy atom. The van der Waals surface area contributed by atoms with Crippen molar-refractivity contribution in [3.63, 3.8) is 0 Å². The van der Waals surface area contributed by atoms with Crippen molar-refractivity contribution >= 4 is 84.8 Å². The first-order chi connectivity index (χ1) is 19.3. The number of aromatic nitrogens is 1. The standard InChI is InChI=1S/C36H21NS2/c1-4-12-30-25(8-1)26-9-2-5-13-31(26)37(30)23-17-18-28-35(21-23)39-34-15-7-11-24(36(28)34)22-16-19-33-29(20-22)27-10-3-6-14-32(27)38-33/h1-21H. The smallest absolute Gasteiger partial charge is 0.0541 e. The van der Waals surface area contributed by atoms with E-state index in [-0.39, 0.29) is 0 Å². The summed E-state index contributed by atoms with van der Waals surface area (Å²) in [5.41, 5.74) is 6.29. The molecule has 39 heavy (non-hydrogen) atoms. The SMILES string of the molecule is c1ccc2c(c1)sc1ccc(-c3cccc4sc5cc(-n6c7ccccc7c7ccccc76)ccc5c34)cc12. The molecule has 0 fully saturated rings. The maximum absolute atomic E-state index is 2.41. The van der Waals surface area contributed by atoms with Gasteiger partial charge in [-0.05, 0) is 59.7 Å². The number of nitrogens with zero attached hydrogens (tertiary/aromatic N) is 1. The average Bonchev–Trinajstić information content (AvgIpc) is 3.65. The quantitative estimate of drug-likeness (QED) is 0.209. The summed E-state index contributed by atoms with van der Waals surface area (Å²) in [5.74, 6) is 0. The molecular formula is C36H21NS2. The summed E-state index contributed by atoms with van der Waals surface area (Å²) in [6, 6.07) is 46.9. The van der Waals surface area contributed by atoms with Gasteiger partial charge in [0.05, 0.1) is 11.0 Å². The Kier molecular flexibility index (Phi) is 4.43. The van der Waals surface area contributed by atoms with E-state index in [0.717, 1.165) is 0 Å². The highest BCUT2D eigenvalue weighted by Crippen LogP contribution is 2.43. The van der Waals surface area contributed by atoms with E-state index in [4.69, 9.17) is 0 Å². The predicted molar refractivity (Wildman–Crippen MR) is 172 cm³/mol. The fraction of sp³-hybridized carbons (Fsp3) is 0. The highest BCUT2D eigenvalue weighted by Gasteiger charge is 2.16. The monoisotopic (exact) mass is 531 g/mol. The number of rotatable bonds is 2. The predicted octanol–water partition coefficient (Wildman–Crippen LogP) is 11.2. The van der Waals surface area contributed by atoms with E-state index < -0.39 is 0 Å². The van der Waals surface area contributed by atoms with E-state index in [0.29, 0.717) is 0 Å². The Labute approximate surface area is 232 Å². The molecule has 0 spiro atoms. The van der Waals surface area contributed by atoms with Crippen molar-refractivity contribution in [3.05, 3.63) is 127 Å². The summed E-state index contributed by atoms with van der Waals surface area (Å²) in [4.78, 5) is 0. The first-order valence-corrected chi connectivity index (χ1v) is 14.8. The number of hydrogen-bond donors (Lipinski definition) is 0. The van der Waals surface area contributed by atoms with Crippen LogP contribution in [0.1, 0.15) is 0 Å². The van der Waals surface area contributed by atoms with Crippen LogP contribution in [0, 0.1) is 0 Å². The van der Waals surface area contributed by atoms with Gasteiger partial charge in [0.1, 0.15) is 0 Å². The topological polar surface area (TPSA) is 4.93 Å². The van der Waals surface area contributed by atoms with Crippen molar-refractivity contribution in [1.29, 1.82) is 0 Å². The first kappa shape index (κ1) is 21.5. The van der Waals surface area contributed by atoms with Gasteiger partial charge in [-0.3, -0.25) is 0 Å². The minimum absolute atomic E-state index is 1.21. The second kappa shape index (κ2) is 8.03. The van der Waals surface area contributed by atoms with E-state index in [1.807, 2.05) is 22.7 Å². The van der Waals surface area contributed by atoms with Crippen molar-refractivity contribution in [2.45, 2.75) is 0 Å². The summed E-state index contributed by atoms with van der Waals surface area (Å²) >= 11 is 3.76. The molecule has 0 radical (unpaired) electrons. The summed E-state index contributed by atoms with van der Waals surface area (Å²) in [7, 11) is 0. The Bertz CT molecular complexity index is 2350. The van der Waals surface area contributed by atoms with Gasteiger partial charge in [0, 0.05) is 56.8 Å². The van der Waals surface area contributed by atoms with Crippen LogP contribution in [-0.4, -0.2) is 4.57 Å². The van der Waals surface area contributed by atoms with Gasteiger partial charge < -0.3 is 4.57 Å². The molecule has 0 N–H and O–H groups in total. The van der Waals surface area contributed by atoms with Crippen molar-refractivity contribution in [3.8, 4) is 16.8 Å². The van der Waals surface area contributed by atoms with Crippen LogP contribution in [0.3, 0.4) is 0 Å². The summed E-state index contributed by atoms with van der Waals surface area (Å²) in [5, 5.41) is 7.96. The molecule has 9 aromatic rings. The van der Waals surface area contributed by atoms with Crippen LogP contribution in [-0.2, 0) is 0 Å². The van der Waals surface area contributed by atoms with Crippen molar-refractivity contribution in [2.24, 2.45) is 0 Å². The summed E-state index contributed by atoms with van der Waals surface area (Å²) in [6.07, 6.45) is 0. The molecule has 3 aromatic heterocycles. The maximum atomic E-state index is 2.41. The molecule has 9 rings (SSSR count). The Balaban J connectivity index is 1.28. The average molecular weight is 532 g/mol. The maximum Gasteiger partial charge on any atom is 0.0541 e.